The quantitative estimate of drug-likeness (QED) is 0.447. The van der Waals surface area contributed by atoms with Crippen LogP contribution in [0.5, 0.6) is 0 Å². The Labute approximate surface area is 164 Å². The van der Waals surface area contributed by atoms with Crippen LogP contribution in [0.4, 0.5) is 0 Å². The number of hydrogen-bond acceptors (Lipinski definition) is 7. The van der Waals surface area contributed by atoms with Crippen molar-refractivity contribution < 1.29 is 4.79 Å². The lowest BCUT2D eigenvalue weighted by atomic mass is 10.1. The Bertz CT molecular complexity index is 1080. The summed E-state index contributed by atoms with van der Waals surface area (Å²) in [6.07, 6.45) is 0.778. The fourth-order valence-corrected chi connectivity index (χ4v) is 4.46. The molecule has 0 spiro atoms. The molecule has 3 aromatic rings. The average molecular weight is 399 g/mol. The molecule has 2 aromatic heterocycles. The normalized spacial score (nSPS) is 12.0. The van der Waals surface area contributed by atoms with Crippen molar-refractivity contribution in [3.63, 3.8) is 0 Å². The summed E-state index contributed by atoms with van der Waals surface area (Å²) in [5, 5.41) is 12.8. The number of nitrogens with zero attached hydrogens (tertiary/aromatic N) is 4. The Hall–Kier alpha value is -2.50. The topological polar surface area (TPSA) is 88.6 Å². The number of hydrogen-bond donors (Lipinski definition) is 0. The van der Waals surface area contributed by atoms with Gasteiger partial charge in [0.05, 0.1) is 22.7 Å². The first-order valence-electron chi connectivity index (χ1n) is 8.52. The van der Waals surface area contributed by atoms with Crippen LogP contribution in [0.25, 0.3) is 10.9 Å². The van der Waals surface area contributed by atoms with Gasteiger partial charge < -0.3 is 0 Å². The van der Waals surface area contributed by atoms with E-state index in [2.05, 4.69) is 9.97 Å². The molecule has 0 fully saturated rings. The fraction of sp³-hybridized carbons (Fsp3) is 0.316. The van der Waals surface area contributed by atoms with Crippen LogP contribution >= 0.6 is 23.1 Å². The summed E-state index contributed by atoms with van der Waals surface area (Å²) >= 11 is 2.51. The number of aromatic nitrogens is 3. The van der Waals surface area contributed by atoms with Crippen LogP contribution in [-0.2, 0) is 11.3 Å². The van der Waals surface area contributed by atoms with Gasteiger partial charge in [-0.1, -0.05) is 30.8 Å². The van der Waals surface area contributed by atoms with Gasteiger partial charge in [-0.2, -0.15) is 5.26 Å². The zero-order chi connectivity index (χ0) is 19.4. The first-order valence-corrected chi connectivity index (χ1v) is 10.4. The fourth-order valence-electron chi connectivity index (χ4n) is 2.67. The van der Waals surface area contributed by atoms with Crippen molar-refractivity contribution in [2.75, 3.05) is 5.75 Å². The van der Waals surface area contributed by atoms with Crippen LogP contribution in [0.15, 0.2) is 39.6 Å². The summed E-state index contributed by atoms with van der Waals surface area (Å²) in [6, 6.07) is 9.23. The maximum Gasteiger partial charge on any atom is 0.262 e. The molecule has 0 saturated carbocycles. The maximum atomic E-state index is 12.8. The molecule has 8 heteroatoms. The van der Waals surface area contributed by atoms with E-state index < -0.39 is 5.92 Å². The molecule has 6 nitrogen and oxygen atoms in total. The molecule has 0 bridgehead atoms. The number of thiazole rings is 1. The summed E-state index contributed by atoms with van der Waals surface area (Å²) in [5.74, 6) is -1.06. The molecule has 2 heterocycles. The van der Waals surface area contributed by atoms with Gasteiger partial charge >= 0.3 is 0 Å². The Morgan fingerprint density at radius 3 is 2.81 bits per heavy atom. The van der Waals surface area contributed by atoms with E-state index in [9.17, 15) is 14.9 Å². The smallest absolute Gasteiger partial charge is 0.262 e. The summed E-state index contributed by atoms with van der Waals surface area (Å²) in [5.41, 5.74) is 1.30. The number of Topliss-reactive ketones (excluding diaryl/α,β-unsaturated/α-hetero) is 1. The Morgan fingerprint density at radius 1 is 1.37 bits per heavy atom. The highest BCUT2D eigenvalue weighted by molar-refractivity contribution is 7.99. The molecule has 3 rings (SSSR count). The third-order valence-corrected chi connectivity index (χ3v) is 5.98. The van der Waals surface area contributed by atoms with E-state index >= 15 is 0 Å². The zero-order valence-corrected chi connectivity index (χ0v) is 16.6. The van der Waals surface area contributed by atoms with E-state index in [4.69, 9.17) is 0 Å². The Balaban J connectivity index is 1.87. The van der Waals surface area contributed by atoms with Crippen molar-refractivity contribution in [2.45, 2.75) is 37.9 Å². The van der Waals surface area contributed by atoms with Gasteiger partial charge in [-0.15, -0.1) is 11.3 Å². The molecule has 0 amide bonds. The van der Waals surface area contributed by atoms with Crippen LogP contribution < -0.4 is 5.56 Å². The number of rotatable bonds is 7. The molecule has 0 aliphatic rings. The molecule has 1 aromatic carbocycles. The van der Waals surface area contributed by atoms with Crippen LogP contribution in [0.1, 0.15) is 30.0 Å². The molecule has 1 atom stereocenters. The van der Waals surface area contributed by atoms with Gasteiger partial charge in [-0.25, -0.2) is 9.97 Å². The third kappa shape index (κ3) is 4.10. The van der Waals surface area contributed by atoms with Gasteiger partial charge in [0.15, 0.2) is 16.9 Å². The van der Waals surface area contributed by atoms with Crippen molar-refractivity contribution in [3.05, 3.63) is 50.7 Å². The van der Waals surface area contributed by atoms with Gasteiger partial charge in [0.2, 0.25) is 0 Å². The van der Waals surface area contributed by atoms with Crippen molar-refractivity contribution in [3.8, 4) is 6.07 Å². The standard InChI is InChI=1S/C19H18N4O2S2/c1-3-8-23-18(25)13-6-4-5-7-15(13)22-19(23)27-11-16(24)14(9-20)17-21-12(2)10-26-17/h4-7,10,14H,3,8,11H2,1-2H3/t14-/m0/s1. The van der Waals surface area contributed by atoms with Gasteiger partial charge in [-0.3, -0.25) is 14.2 Å². The van der Waals surface area contributed by atoms with Crippen LogP contribution in [-0.4, -0.2) is 26.1 Å². The van der Waals surface area contributed by atoms with E-state index in [-0.39, 0.29) is 17.1 Å². The molecule has 0 radical (unpaired) electrons. The van der Waals surface area contributed by atoms with Gasteiger partial charge in [-0.05, 0) is 25.5 Å². The lowest BCUT2D eigenvalue weighted by Gasteiger charge is -2.12. The van der Waals surface area contributed by atoms with E-state index in [0.29, 0.717) is 27.6 Å². The molecule has 0 unspecified atom stereocenters. The minimum Gasteiger partial charge on any atom is -0.297 e. The number of aryl methyl sites for hydroxylation is 1. The highest BCUT2D eigenvalue weighted by atomic mass is 32.2. The van der Waals surface area contributed by atoms with E-state index in [1.165, 1.54) is 23.1 Å². The van der Waals surface area contributed by atoms with Gasteiger partial charge in [0, 0.05) is 17.6 Å². The lowest BCUT2D eigenvalue weighted by molar-refractivity contribution is -0.116. The predicted molar refractivity (Wildman–Crippen MR) is 107 cm³/mol. The Kier molecular flexibility index (Phi) is 6.04. The number of ketones is 1. The van der Waals surface area contributed by atoms with Crippen molar-refractivity contribution >= 4 is 39.8 Å². The number of carbonyl (C=O) groups excluding carboxylic acids is 1. The molecule has 0 aliphatic heterocycles. The number of nitriles is 1. The Morgan fingerprint density at radius 2 is 2.15 bits per heavy atom. The van der Waals surface area contributed by atoms with E-state index in [1.54, 1.807) is 16.7 Å². The lowest BCUT2D eigenvalue weighted by Crippen LogP contribution is -2.24. The van der Waals surface area contributed by atoms with E-state index in [0.717, 1.165) is 12.1 Å². The maximum absolute atomic E-state index is 12.8. The van der Waals surface area contributed by atoms with Crippen molar-refractivity contribution in [1.82, 2.24) is 14.5 Å². The SMILES string of the molecule is CCCn1c(SCC(=O)[C@H](C#N)c2nc(C)cs2)nc2ccccc2c1=O. The minimum absolute atomic E-state index is 0.0609. The molecular formula is C19H18N4O2S2. The highest BCUT2D eigenvalue weighted by Crippen LogP contribution is 2.25. The first kappa shape index (κ1) is 19.3. The predicted octanol–water partition coefficient (Wildman–Crippen LogP) is 3.54. The summed E-state index contributed by atoms with van der Waals surface area (Å²) in [4.78, 5) is 34.2. The third-order valence-electron chi connectivity index (χ3n) is 3.95. The van der Waals surface area contributed by atoms with E-state index in [1.807, 2.05) is 37.4 Å². The first-order chi connectivity index (χ1) is 13.0. The molecule has 0 N–H and O–H groups in total. The van der Waals surface area contributed by atoms with Gasteiger partial charge in [0.25, 0.3) is 5.56 Å². The largest absolute Gasteiger partial charge is 0.297 e. The molecular weight excluding hydrogens is 380 g/mol. The average Bonchev–Trinajstić information content (AvgIpc) is 3.09. The van der Waals surface area contributed by atoms with Gasteiger partial charge in [0.1, 0.15) is 5.01 Å². The number of thioether (sulfide) groups is 1. The molecule has 0 aliphatic carbocycles. The second kappa shape index (κ2) is 8.46. The van der Waals surface area contributed by atoms with Crippen LogP contribution in [0.3, 0.4) is 0 Å². The number of carbonyl (C=O) groups is 1. The summed E-state index contributed by atoms with van der Waals surface area (Å²) in [6.45, 7) is 4.34. The second-order valence-electron chi connectivity index (χ2n) is 6.01. The second-order valence-corrected chi connectivity index (χ2v) is 7.84. The molecule has 0 saturated heterocycles. The minimum atomic E-state index is -0.886. The molecule has 27 heavy (non-hydrogen) atoms. The van der Waals surface area contributed by atoms with Crippen molar-refractivity contribution in [1.29, 1.82) is 5.26 Å². The van der Waals surface area contributed by atoms with Crippen molar-refractivity contribution in [2.24, 2.45) is 0 Å². The summed E-state index contributed by atoms with van der Waals surface area (Å²) in [7, 11) is 0. The number of para-hydroxylation sites is 1. The monoisotopic (exact) mass is 398 g/mol. The van der Waals surface area contributed by atoms with Crippen LogP contribution in [0.2, 0.25) is 0 Å². The van der Waals surface area contributed by atoms with Crippen LogP contribution in [0, 0.1) is 18.3 Å². The zero-order valence-electron chi connectivity index (χ0n) is 15.0. The number of fused-ring (bicyclic) bond motifs is 1. The number of benzene rings is 1. The molecule has 138 valence electrons. The highest BCUT2D eigenvalue weighted by Gasteiger charge is 2.24. The summed E-state index contributed by atoms with van der Waals surface area (Å²) < 4.78 is 1.61.